The van der Waals surface area contributed by atoms with Gasteiger partial charge >= 0.3 is 5.97 Å². The first-order chi connectivity index (χ1) is 14.0. The summed E-state index contributed by atoms with van der Waals surface area (Å²) in [6, 6.07) is 16.7. The van der Waals surface area contributed by atoms with Crippen molar-refractivity contribution in [1.82, 2.24) is 0 Å². The van der Waals surface area contributed by atoms with Crippen molar-refractivity contribution in [3.63, 3.8) is 0 Å². The van der Waals surface area contributed by atoms with Crippen LogP contribution in [0.3, 0.4) is 0 Å². The third-order valence-corrected chi connectivity index (χ3v) is 4.35. The Morgan fingerprint density at radius 3 is 2.34 bits per heavy atom. The number of hydrogen-bond donors (Lipinski definition) is 0. The Morgan fingerprint density at radius 1 is 0.966 bits per heavy atom. The number of carbonyl (C=O) groups is 2. The molecule has 0 bridgehead atoms. The van der Waals surface area contributed by atoms with E-state index in [1.165, 1.54) is 24.3 Å². The van der Waals surface area contributed by atoms with Crippen molar-refractivity contribution in [2.24, 2.45) is 0 Å². The molecular weight excluding hydrogens is 375 g/mol. The van der Waals surface area contributed by atoms with E-state index in [2.05, 4.69) is 0 Å². The average molecular weight is 390 g/mol. The van der Waals surface area contributed by atoms with E-state index in [1.54, 1.807) is 55.7 Å². The summed E-state index contributed by atoms with van der Waals surface area (Å²) in [6.45, 7) is 0. The first-order valence-corrected chi connectivity index (χ1v) is 8.73. The Morgan fingerprint density at radius 2 is 1.66 bits per heavy atom. The maximum atomic E-state index is 12.9. The van der Waals surface area contributed by atoms with Crippen LogP contribution in [-0.2, 0) is 0 Å². The molecule has 5 nitrogen and oxygen atoms in total. The highest BCUT2D eigenvalue weighted by Crippen LogP contribution is 2.34. The molecule has 3 aromatic carbocycles. The fourth-order valence-corrected chi connectivity index (χ4v) is 2.83. The van der Waals surface area contributed by atoms with E-state index in [-0.39, 0.29) is 17.1 Å². The van der Waals surface area contributed by atoms with Crippen LogP contribution in [0, 0.1) is 5.82 Å². The van der Waals surface area contributed by atoms with Gasteiger partial charge in [0.25, 0.3) is 0 Å². The summed E-state index contributed by atoms with van der Waals surface area (Å²) in [7, 11) is 1.54. The number of methoxy groups -OCH3 is 1. The number of esters is 1. The largest absolute Gasteiger partial charge is 0.497 e. The highest BCUT2D eigenvalue weighted by atomic mass is 19.1. The minimum atomic E-state index is -0.588. The van der Waals surface area contributed by atoms with Crippen LogP contribution in [-0.4, -0.2) is 18.9 Å². The van der Waals surface area contributed by atoms with E-state index in [9.17, 15) is 14.0 Å². The molecule has 3 aromatic rings. The fraction of sp³-hybridized carbons (Fsp3) is 0.0435. The molecule has 0 aliphatic carbocycles. The fourth-order valence-electron chi connectivity index (χ4n) is 2.83. The second-order valence-corrected chi connectivity index (χ2v) is 6.27. The second kappa shape index (κ2) is 7.59. The number of hydrogen-bond acceptors (Lipinski definition) is 5. The first kappa shape index (κ1) is 18.4. The van der Waals surface area contributed by atoms with Crippen LogP contribution < -0.4 is 14.2 Å². The number of carbonyl (C=O) groups excluding carboxylic acids is 2. The number of benzene rings is 3. The zero-order valence-corrected chi connectivity index (χ0v) is 15.3. The zero-order chi connectivity index (χ0) is 20.4. The molecule has 0 amide bonds. The van der Waals surface area contributed by atoms with Gasteiger partial charge < -0.3 is 14.2 Å². The SMILES string of the molecule is COc1ccc2c(c1)O/C(=C\c1ccc(OC(=O)c3ccc(F)cc3)cc1)C2=O. The molecule has 1 aliphatic heterocycles. The average Bonchev–Trinajstić information content (AvgIpc) is 3.04. The molecule has 1 aliphatic rings. The third-order valence-electron chi connectivity index (χ3n) is 4.35. The van der Waals surface area contributed by atoms with Gasteiger partial charge in [-0.3, -0.25) is 4.79 Å². The lowest BCUT2D eigenvalue weighted by atomic mass is 10.1. The van der Waals surface area contributed by atoms with Crippen molar-refractivity contribution in [2.75, 3.05) is 7.11 Å². The number of fused-ring (bicyclic) bond motifs is 1. The molecule has 144 valence electrons. The normalized spacial score (nSPS) is 13.7. The molecule has 6 heteroatoms. The van der Waals surface area contributed by atoms with Gasteiger partial charge in [-0.1, -0.05) is 12.1 Å². The van der Waals surface area contributed by atoms with Gasteiger partial charge in [-0.2, -0.15) is 0 Å². The Balaban J connectivity index is 1.47. The topological polar surface area (TPSA) is 61.8 Å². The van der Waals surface area contributed by atoms with Crippen LogP contribution in [0.15, 0.2) is 72.5 Å². The second-order valence-electron chi connectivity index (χ2n) is 6.27. The highest BCUT2D eigenvalue weighted by molar-refractivity contribution is 6.14. The quantitative estimate of drug-likeness (QED) is 0.368. The monoisotopic (exact) mass is 390 g/mol. The van der Waals surface area contributed by atoms with Crippen molar-refractivity contribution in [3.8, 4) is 17.2 Å². The Kier molecular flexibility index (Phi) is 4.83. The summed E-state index contributed by atoms with van der Waals surface area (Å²) in [6.07, 6.45) is 1.61. The van der Waals surface area contributed by atoms with Gasteiger partial charge in [0.2, 0.25) is 5.78 Å². The van der Waals surface area contributed by atoms with Crippen molar-refractivity contribution < 1.29 is 28.2 Å². The molecule has 0 radical (unpaired) electrons. The Bertz CT molecular complexity index is 1120. The summed E-state index contributed by atoms with van der Waals surface area (Å²) >= 11 is 0. The molecule has 29 heavy (non-hydrogen) atoms. The van der Waals surface area contributed by atoms with Crippen LogP contribution in [0.25, 0.3) is 6.08 Å². The molecule has 0 atom stereocenters. The molecule has 0 aromatic heterocycles. The molecule has 1 heterocycles. The Labute approximate surface area is 166 Å². The van der Waals surface area contributed by atoms with Gasteiger partial charge in [-0.25, -0.2) is 9.18 Å². The molecule has 0 saturated carbocycles. The van der Waals surface area contributed by atoms with Gasteiger partial charge in [-0.05, 0) is 60.2 Å². The van der Waals surface area contributed by atoms with Crippen LogP contribution >= 0.6 is 0 Å². The minimum absolute atomic E-state index is 0.198. The van der Waals surface area contributed by atoms with E-state index >= 15 is 0 Å². The van der Waals surface area contributed by atoms with E-state index in [1.807, 2.05) is 0 Å². The van der Waals surface area contributed by atoms with E-state index < -0.39 is 11.8 Å². The molecule has 0 saturated heterocycles. The van der Waals surface area contributed by atoms with Gasteiger partial charge in [-0.15, -0.1) is 0 Å². The number of Topliss-reactive ketones (excluding diaryl/α,β-unsaturated/α-hetero) is 1. The summed E-state index contributed by atoms with van der Waals surface area (Å²) in [5.41, 5.74) is 1.42. The minimum Gasteiger partial charge on any atom is -0.497 e. The molecule has 0 N–H and O–H groups in total. The number of ether oxygens (including phenoxy) is 3. The predicted octanol–water partition coefficient (Wildman–Crippen LogP) is 4.67. The lowest BCUT2D eigenvalue weighted by Gasteiger charge is -2.05. The smallest absolute Gasteiger partial charge is 0.343 e. The predicted molar refractivity (Wildman–Crippen MR) is 104 cm³/mol. The van der Waals surface area contributed by atoms with E-state index in [0.717, 1.165) is 0 Å². The maximum absolute atomic E-state index is 12.9. The van der Waals surface area contributed by atoms with Crippen molar-refractivity contribution in [2.45, 2.75) is 0 Å². The van der Waals surface area contributed by atoms with E-state index in [4.69, 9.17) is 14.2 Å². The van der Waals surface area contributed by atoms with Gasteiger partial charge in [0, 0.05) is 6.07 Å². The van der Waals surface area contributed by atoms with Crippen molar-refractivity contribution in [3.05, 3.63) is 95.0 Å². The number of halogens is 1. The first-order valence-electron chi connectivity index (χ1n) is 8.73. The Hall–Kier alpha value is -3.93. The van der Waals surface area contributed by atoms with E-state index in [0.29, 0.717) is 28.4 Å². The number of ketones is 1. The molecule has 0 unspecified atom stereocenters. The van der Waals surface area contributed by atoms with Crippen LogP contribution in [0.5, 0.6) is 17.2 Å². The van der Waals surface area contributed by atoms with Gasteiger partial charge in [0.15, 0.2) is 5.76 Å². The number of rotatable bonds is 4. The molecule has 4 rings (SSSR count). The van der Waals surface area contributed by atoms with Crippen molar-refractivity contribution >= 4 is 17.8 Å². The van der Waals surface area contributed by atoms with Crippen LogP contribution in [0.2, 0.25) is 0 Å². The highest BCUT2D eigenvalue weighted by Gasteiger charge is 2.27. The summed E-state index contributed by atoms with van der Waals surface area (Å²) in [5, 5.41) is 0. The number of allylic oxidation sites excluding steroid dienone is 1. The summed E-state index contributed by atoms with van der Waals surface area (Å²) < 4.78 is 29.0. The molecule has 0 fully saturated rings. The standard InChI is InChI=1S/C23H15FO5/c1-27-18-10-11-19-20(13-18)29-21(22(19)25)12-14-2-8-17(9-3-14)28-23(26)15-4-6-16(24)7-5-15/h2-13H,1H3/b21-12-. The van der Waals surface area contributed by atoms with Gasteiger partial charge in [0.1, 0.15) is 23.1 Å². The van der Waals surface area contributed by atoms with Gasteiger partial charge in [0.05, 0.1) is 18.2 Å². The summed E-state index contributed by atoms with van der Waals surface area (Å²) in [4.78, 5) is 24.5. The third kappa shape index (κ3) is 3.87. The maximum Gasteiger partial charge on any atom is 0.343 e. The lowest BCUT2D eigenvalue weighted by Crippen LogP contribution is -2.08. The van der Waals surface area contributed by atoms with Crippen LogP contribution in [0.1, 0.15) is 26.3 Å². The summed E-state index contributed by atoms with van der Waals surface area (Å²) in [5.74, 6) is 0.348. The van der Waals surface area contributed by atoms with Crippen molar-refractivity contribution in [1.29, 1.82) is 0 Å². The lowest BCUT2D eigenvalue weighted by molar-refractivity contribution is 0.0734. The van der Waals surface area contributed by atoms with Crippen LogP contribution in [0.4, 0.5) is 4.39 Å². The molecule has 0 spiro atoms. The zero-order valence-electron chi connectivity index (χ0n) is 15.3. The molecular formula is C23H15FO5.